The first-order chi connectivity index (χ1) is 7.74. The fourth-order valence-electron chi connectivity index (χ4n) is 1.56. The predicted octanol–water partition coefficient (Wildman–Crippen LogP) is 0.231. The molecule has 1 aliphatic heterocycles. The normalized spacial score (nSPS) is 16.6. The molecule has 0 radical (unpaired) electrons. The molecule has 1 fully saturated rings. The molecule has 0 spiro atoms. The average molecular weight is 229 g/mol. The monoisotopic (exact) mass is 229 g/mol. The first kappa shape index (κ1) is 13.1. The number of methoxy groups -OCH3 is 1. The first-order valence-electron chi connectivity index (χ1n) is 5.60. The number of rotatable bonds is 6. The van der Waals surface area contributed by atoms with Gasteiger partial charge < -0.3 is 14.4 Å². The zero-order valence-corrected chi connectivity index (χ0v) is 9.74. The number of carbonyl (C=O) groups excluding carboxylic acids is 2. The van der Waals surface area contributed by atoms with Crippen molar-refractivity contribution in [3.05, 3.63) is 0 Å². The van der Waals surface area contributed by atoms with Crippen molar-refractivity contribution in [1.29, 1.82) is 0 Å². The zero-order valence-electron chi connectivity index (χ0n) is 9.74. The molecule has 1 aliphatic rings. The molecule has 0 aromatic rings. The Bertz CT molecular complexity index is 232. The topological polar surface area (TPSA) is 55.8 Å². The van der Waals surface area contributed by atoms with Gasteiger partial charge in [0.2, 0.25) is 5.91 Å². The maximum Gasteiger partial charge on any atom is 0.248 e. The van der Waals surface area contributed by atoms with E-state index in [9.17, 15) is 9.59 Å². The Morgan fingerprint density at radius 1 is 1.31 bits per heavy atom. The molecule has 0 N–H and O–H groups in total. The number of hydrogen-bond acceptors (Lipinski definition) is 4. The van der Waals surface area contributed by atoms with Crippen LogP contribution < -0.4 is 0 Å². The summed E-state index contributed by atoms with van der Waals surface area (Å²) in [4.78, 5) is 24.3. The van der Waals surface area contributed by atoms with Crippen molar-refractivity contribution in [2.45, 2.75) is 19.3 Å². The van der Waals surface area contributed by atoms with E-state index in [-0.39, 0.29) is 18.3 Å². The third-order valence-electron chi connectivity index (χ3n) is 2.54. The van der Waals surface area contributed by atoms with Crippen LogP contribution in [0, 0.1) is 0 Å². The van der Waals surface area contributed by atoms with Crippen LogP contribution in [0.4, 0.5) is 0 Å². The van der Waals surface area contributed by atoms with Crippen LogP contribution in [0.15, 0.2) is 0 Å². The fourth-order valence-corrected chi connectivity index (χ4v) is 1.56. The molecule has 1 saturated heterocycles. The highest BCUT2D eigenvalue weighted by atomic mass is 16.5. The highest BCUT2D eigenvalue weighted by Gasteiger charge is 2.20. The quantitative estimate of drug-likeness (QED) is 0.612. The molecule has 0 aliphatic carbocycles. The van der Waals surface area contributed by atoms with E-state index >= 15 is 0 Å². The van der Waals surface area contributed by atoms with Gasteiger partial charge in [-0.15, -0.1) is 0 Å². The van der Waals surface area contributed by atoms with Crippen LogP contribution >= 0.6 is 0 Å². The van der Waals surface area contributed by atoms with Crippen LogP contribution in [0.25, 0.3) is 0 Å². The second-order valence-electron chi connectivity index (χ2n) is 3.82. The van der Waals surface area contributed by atoms with Gasteiger partial charge in [0.25, 0.3) is 0 Å². The molecule has 92 valence electrons. The summed E-state index contributed by atoms with van der Waals surface area (Å²) in [5.41, 5.74) is 0. The van der Waals surface area contributed by atoms with Crippen molar-refractivity contribution < 1.29 is 19.1 Å². The molecule has 0 saturated carbocycles. The summed E-state index contributed by atoms with van der Waals surface area (Å²) in [6, 6.07) is 0. The highest BCUT2D eigenvalue weighted by molar-refractivity contribution is 5.83. The minimum absolute atomic E-state index is 0.0232. The van der Waals surface area contributed by atoms with Crippen LogP contribution in [-0.4, -0.2) is 56.6 Å². The van der Waals surface area contributed by atoms with Gasteiger partial charge in [0.1, 0.15) is 12.4 Å². The Balaban J connectivity index is 2.08. The molecule has 1 heterocycles. The van der Waals surface area contributed by atoms with E-state index in [1.165, 1.54) is 0 Å². The van der Waals surface area contributed by atoms with Crippen molar-refractivity contribution in [2.75, 3.05) is 40.0 Å². The lowest BCUT2D eigenvalue weighted by Gasteiger charge is -2.25. The molecular formula is C11H19NO4. The van der Waals surface area contributed by atoms with Gasteiger partial charge in [0.05, 0.1) is 0 Å². The van der Waals surface area contributed by atoms with Gasteiger partial charge in [0, 0.05) is 46.3 Å². The summed E-state index contributed by atoms with van der Waals surface area (Å²) in [5, 5.41) is 0. The molecule has 5 heteroatoms. The summed E-state index contributed by atoms with van der Waals surface area (Å²) in [6.07, 6.45) is 1.76. The van der Waals surface area contributed by atoms with E-state index in [1.54, 1.807) is 12.0 Å². The number of Topliss-reactive ketones (excluding diaryl/α,β-unsaturated/α-hetero) is 1. The Morgan fingerprint density at radius 3 is 2.62 bits per heavy atom. The minimum atomic E-state index is -0.0232. The summed E-state index contributed by atoms with van der Waals surface area (Å²) < 4.78 is 10.1. The minimum Gasteiger partial charge on any atom is -0.385 e. The Morgan fingerprint density at radius 2 is 2.00 bits per heavy atom. The third-order valence-corrected chi connectivity index (χ3v) is 2.54. The van der Waals surface area contributed by atoms with Gasteiger partial charge in [0.15, 0.2) is 0 Å². The largest absolute Gasteiger partial charge is 0.385 e. The van der Waals surface area contributed by atoms with Crippen LogP contribution in [0.1, 0.15) is 19.3 Å². The first-order valence-corrected chi connectivity index (χ1v) is 5.60. The molecule has 0 atom stereocenters. The summed E-state index contributed by atoms with van der Waals surface area (Å²) in [6.45, 7) is 2.37. The summed E-state index contributed by atoms with van der Waals surface area (Å²) >= 11 is 0. The van der Waals surface area contributed by atoms with Crippen molar-refractivity contribution in [3.63, 3.8) is 0 Å². The molecule has 5 nitrogen and oxygen atoms in total. The number of amides is 1. The maximum atomic E-state index is 11.6. The van der Waals surface area contributed by atoms with Crippen molar-refractivity contribution >= 4 is 11.7 Å². The zero-order chi connectivity index (χ0) is 11.8. The molecule has 0 bridgehead atoms. The highest BCUT2D eigenvalue weighted by Crippen LogP contribution is 2.05. The van der Waals surface area contributed by atoms with Crippen molar-refractivity contribution in [2.24, 2.45) is 0 Å². The number of nitrogens with zero attached hydrogens (tertiary/aromatic N) is 1. The molecule has 0 unspecified atom stereocenters. The van der Waals surface area contributed by atoms with E-state index < -0.39 is 0 Å². The summed E-state index contributed by atoms with van der Waals surface area (Å²) in [7, 11) is 1.63. The van der Waals surface area contributed by atoms with Crippen molar-refractivity contribution in [1.82, 2.24) is 4.90 Å². The Kier molecular flexibility index (Phi) is 6.03. The standard InChI is InChI=1S/C11H19NO4/c1-15-7-2-8-16-9-11(14)12-5-3-10(13)4-6-12/h2-9H2,1H3. The van der Waals surface area contributed by atoms with E-state index in [0.29, 0.717) is 39.1 Å². The predicted molar refractivity (Wildman–Crippen MR) is 58.1 cm³/mol. The molecular weight excluding hydrogens is 210 g/mol. The SMILES string of the molecule is COCCCOCC(=O)N1CCC(=O)CC1. The van der Waals surface area contributed by atoms with Crippen molar-refractivity contribution in [3.8, 4) is 0 Å². The second kappa shape index (κ2) is 7.35. The average Bonchev–Trinajstić information content (AvgIpc) is 2.29. The lowest BCUT2D eigenvalue weighted by molar-refractivity contribution is -0.138. The number of hydrogen-bond donors (Lipinski definition) is 0. The van der Waals surface area contributed by atoms with E-state index in [1.807, 2.05) is 0 Å². The van der Waals surface area contributed by atoms with Gasteiger partial charge in [-0.3, -0.25) is 9.59 Å². The van der Waals surface area contributed by atoms with Crippen LogP contribution in [0.2, 0.25) is 0 Å². The smallest absolute Gasteiger partial charge is 0.248 e. The summed E-state index contributed by atoms with van der Waals surface area (Å²) in [5.74, 6) is 0.218. The van der Waals surface area contributed by atoms with Crippen LogP contribution in [-0.2, 0) is 19.1 Å². The van der Waals surface area contributed by atoms with E-state index in [4.69, 9.17) is 9.47 Å². The molecule has 1 rings (SSSR count). The Hall–Kier alpha value is -0.940. The van der Waals surface area contributed by atoms with Gasteiger partial charge in [-0.05, 0) is 6.42 Å². The molecule has 0 aromatic carbocycles. The number of piperidine rings is 1. The van der Waals surface area contributed by atoms with Gasteiger partial charge in [-0.25, -0.2) is 0 Å². The lowest BCUT2D eigenvalue weighted by atomic mass is 10.1. The van der Waals surface area contributed by atoms with Crippen LogP contribution in [0.3, 0.4) is 0 Å². The van der Waals surface area contributed by atoms with Gasteiger partial charge in [-0.2, -0.15) is 0 Å². The fraction of sp³-hybridized carbons (Fsp3) is 0.818. The van der Waals surface area contributed by atoms with E-state index in [2.05, 4.69) is 0 Å². The molecule has 16 heavy (non-hydrogen) atoms. The van der Waals surface area contributed by atoms with Crippen LogP contribution in [0.5, 0.6) is 0 Å². The van der Waals surface area contributed by atoms with Gasteiger partial charge in [-0.1, -0.05) is 0 Å². The molecule has 0 aromatic heterocycles. The van der Waals surface area contributed by atoms with Gasteiger partial charge >= 0.3 is 0 Å². The molecule has 1 amide bonds. The third kappa shape index (κ3) is 4.72. The number of ether oxygens (including phenoxy) is 2. The number of carbonyl (C=O) groups is 2. The number of ketones is 1. The maximum absolute atomic E-state index is 11.6. The Labute approximate surface area is 95.7 Å². The van der Waals surface area contributed by atoms with E-state index in [0.717, 1.165) is 6.42 Å². The number of likely N-dealkylation sites (tertiary alicyclic amines) is 1. The lowest BCUT2D eigenvalue weighted by Crippen LogP contribution is -2.40. The second-order valence-corrected chi connectivity index (χ2v) is 3.82.